The second kappa shape index (κ2) is 8.20. The van der Waals surface area contributed by atoms with Gasteiger partial charge in [0.1, 0.15) is 11.8 Å². The zero-order chi connectivity index (χ0) is 17.7. The van der Waals surface area contributed by atoms with Crippen LogP contribution in [0.4, 0.5) is 0 Å². The lowest BCUT2D eigenvalue weighted by atomic mass is 9.96. The first kappa shape index (κ1) is 18.3. The summed E-state index contributed by atoms with van der Waals surface area (Å²) in [6, 6.07) is 3.07. The number of nitriles is 1. The van der Waals surface area contributed by atoms with Crippen molar-refractivity contribution in [3.63, 3.8) is 0 Å². The van der Waals surface area contributed by atoms with Crippen LogP contribution in [-0.4, -0.2) is 62.6 Å². The van der Waals surface area contributed by atoms with Gasteiger partial charge in [0.25, 0.3) is 0 Å². The van der Waals surface area contributed by atoms with Gasteiger partial charge in [-0.3, -0.25) is 4.90 Å². The molecule has 0 aliphatic carbocycles. The predicted octanol–water partition coefficient (Wildman–Crippen LogP) is 0.812. The highest BCUT2D eigenvalue weighted by Crippen LogP contribution is 2.39. The highest BCUT2D eigenvalue weighted by Gasteiger charge is 2.28. The summed E-state index contributed by atoms with van der Waals surface area (Å²) in [5.74, 6) is 1.05. The Morgan fingerprint density at radius 3 is 2.50 bits per heavy atom. The largest absolute Gasteiger partial charge is 0.504 e. The van der Waals surface area contributed by atoms with E-state index < -0.39 is 12.1 Å². The van der Waals surface area contributed by atoms with E-state index in [4.69, 9.17) is 19.9 Å². The molecule has 0 saturated carbocycles. The van der Waals surface area contributed by atoms with Gasteiger partial charge in [-0.2, -0.15) is 5.26 Å². The number of nitrogens with zero attached hydrogens (tertiary/aromatic N) is 2. The Kier molecular flexibility index (Phi) is 6.26. The maximum Gasteiger partial charge on any atom is 0.167 e. The van der Waals surface area contributed by atoms with E-state index in [0.29, 0.717) is 49.8 Å². The Hall–Kier alpha value is -2.01. The number of methoxy groups -OCH3 is 2. The van der Waals surface area contributed by atoms with Crippen molar-refractivity contribution >= 4 is 0 Å². The van der Waals surface area contributed by atoms with E-state index in [1.54, 1.807) is 13.2 Å². The zero-order valence-electron chi connectivity index (χ0n) is 14.4. The Labute approximate surface area is 142 Å². The van der Waals surface area contributed by atoms with Gasteiger partial charge in [-0.25, -0.2) is 0 Å². The number of benzene rings is 1. The molecule has 2 atom stereocenters. The number of rotatable bonds is 6. The molecule has 132 valence electrons. The van der Waals surface area contributed by atoms with Crippen LogP contribution < -0.4 is 15.2 Å². The summed E-state index contributed by atoms with van der Waals surface area (Å²) in [5, 5.41) is 19.7. The van der Waals surface area contributed by atoms with Gasteiger partial charge in [-0.15, -0.1) is 0 Å². The van der Waals surface area contributed by atoms with Crippen LogP contribution in [0.25, 0.3) is 0 Å². The number of hydrogen-bond acceptors (Lipinski definition) is 7. The first-order valence-corrected chi connectivity index (χ1v) is 7.93. The summed E-state index contributed by atoms with van der Waals surface area (Å²) in [5.41, 5.74) is 7.78. The zero-order valence-corrected chi connectivity index (χ0v) is 14.4. The fourth-order valence-electron chi connectivity index (χ4n) is 3.20. The molecule has 1 aromatic rings. The molecule has 7 heteroatoms. The third-order valence-corrected chi connectivity index (χ3v) is 4.36. The number of phenolic OH excluding ortho intramolecular Hbond substituents is 1. The molecule has 3 N–H and O–H groups in total. The van der Waals surface area contributed by atoms with E-state index in [1.807, 2.05) is 11.8 Å². The molecular weight excluding hydrogens is 310 g/mol. The standard InChI is InChI=1S/C17H25N3O4/c1-11-16(22-2)12(9-15(21)17(11)23-3)8-13(19)14(10-18)20-4-6-24-7-5-20/h9,13-14,21H,4-8,19H2,1-3H3. The van der Waals surface area contributed by atoms with Crippen molar-refractivity contribution in [3.05, 3.63) is 17.2 Å². The second-order valence-electron chi connectivity index (χ2n) is 5.84. The van der Waals surface area contributed by atoms with Gasteiger partial charge in [0.2, 0.25) is 0 Å². The fraction of sp³-hybridized carbons (Fsp3) is 0.588. The van der Waals surface area contributed by atoms with Crippen molar-refractivity contribution in [2.45, 2.75) is 25.4 Å². The second-order valence-corrected chi connectivity index (χ2v) is 5.84. The van der Waals surface area contributed by atoms with Crippen LogP contribution in [0.15, 0.2) is 6.07 Å². The molecule has 0 spiro atoms. The third kappa shape index (κ3) is 3.73. The van der Waals surface area contributed by atoms with Gasteiger partial charge in [-0.05, 0) is 25.0 Å². The maximum atomic E-state index is 10.1. The maximum absolute atomic E-state index is 10.1. The number of nitrogens with two attached hydrogens (primary N) is 1. The normalized spacial score (nSPS) is 17.8. The average molecular weight is 335 g/mol. The van der Waals surface area contributed by atoms with Gasteiger partial charge in [0, 0.05) is 24.7 Å². The molecule has 1 fully saturated rings. The Balaban J connectivity index is 2.24. The minimum absolute atomic E-state index is 0.0397. The lowest BCUT2D eigenvalue weighted by molar-refractivity contribution is 0.0226. The summed E-state index contributed by atoms with van der Waals surface area (Å²) in [6.45, 7) is 4.41. The Bertz CT molecular complexity index is 609. The van der Waals surface area contributed by atoms with E-state index >= 15 is 0 Å². The highest BCUT2D eigenvalue weighted by molar-refractivity contribution is 5.57. The summed E-state index contributed by atoms with van der Waals surface area (Å²) in [7, 11) is 3.06. The summed E-state index contributed by atoms with van der Waals surface area (Å²) < 4.78 is 16.0. The SMILES string of the molecule is COc1c(O)cc(CC(N)C(C#N)N2CCOCC2)c(OC)c1C. The molecule has 7 nitrogen and oxygen atoms in total. The minimum atomic E-state index is -0.414. The van der Waals surface area contributed by atoms with Crippen LogP contribution >= 0.6 is 0 Å². The van der Waals surface area contributed by atoms with E-state index in [-0.39, 0.29) is 5.75 Å². The molecule has 0 radical (unpaired) electrons. The monoisotopic (exact) mass is 335 g/mol. The van der Waals surface area contributed by atoms with Crippen LogP contribution in [0.5, 0.6) is 17.2 Å². The van der Waals surface area contributed by atoms with Gasteiger partial charge < -0.3 is 25.1 Å². The third-order valence-electron chi connectivity index (χ3n) is 4.36. The smallest absolute Gasteiger partial charge is 0.167 e. The molecule has 0 aromatic heterocycles. The van der Waals surface area contributed by atoms with Crippen molar-refractivity contribution < 1.29 is 19.3 Å². The van der Waals surface area contributed by atoms with E-state index in [1.165, 1.54) is 7.11 Å². The van der Waals surface area contributed by atoms with Crippen molar-refractivity contribution in [2.24, 2.45) is 5.73 Å². The topological polar surface area (TPSA) is 101 Å². The first-order chi connectivity index (χ1) is 11.5. The Morgan fingerprint density at radius 2 is 1.96 bits per heavy atom. The molecule has 2 unspecified atom stereocenters. The molecule has 1 heterocycles. The van der Waals surface area contributed by atoms with Crippen molar-refractivity contribution in [1.29, 1.82) is 5.26 Å². The fourth-order valence-corrected chi connectivity index (χ4v) is 3.20. The van der Waals surface area contributed by atoms with Crippen LogP contribution in [0, 0.1) is 18.3 Å². The van der Waals surface area contributed by atoms with Crippen molar-refractivity contribution in [3.8, 4) is 23.3 Å². The molecule has 0 bridgehead atoms. The van der Waals surface area contributed by atoms with Gasteiger partial charge >= 0.3 is 0 Å². The molecule has 1 aliphatic rings. The van der Waals surface area contributed by atoms with E-state index in [2.05, 4.69) is 6.07 Å². The molecule has 2 rings (SSSR count). The molecule has 1 aliphatic heterocycles. The lowest BCUT2D eigenvalue weighted by Gasteiger charge is -2.33. The Morgan fingerprint density at radius 1 is 1.33 bits per heavy atom. The number of phenols is 1. The summed E-state index contributed by atoms with van der Waals surface area (Å²) >= 11 is 0. The number of aromatic hydroxyl groups is 1. The lowest BCUT2D eigenvalue weighted by Crippen LogP contribution is -2.52. The number of morpholine rings is 1. The highest BCUT2D eigenvalue weighted by atomic mass is 16.5. The molecule has 0 amide bonds. The predicted molar refractivity (Wildman–Crippen MR) is 89.4 cm³/mol. The minimum Gasteiger partial charge on any atom is -0.504 e. The molecule has 1 aromatic carbocycles. The van der Waals surface area contributed by atoms with Crippen LogP contribution in [0.1, 0.15) is 11.1 Å². The number of hydrogen-bond donors (Lipinski definition) is 2. The summed E-state index contributed by atoms with van der Waals surface area (Å²) in [4.78, 5) is 2.04. The van der Waals surface area contributed by atoms with Crippen LogP contribution in [-0.2, 0) is 11.2 Å². The van der Waals surface area contributed by atoms with Gasteiger partial charge in [0.05, 0.1) is 33.5 Å². The van der Waals surface area contributed by atoms with Crippen LogP contribution in [0.2, 0.25) is 0 Å². The summed E-state index contributed by atoms with van der Waals surface area (Å²) in [6.07, 6.45) is 0.414. The molecule has 24 heavy (non-hydrogen) atoms. The quantitative estimate of drug-likeness (QED) is 0.793. The molecular formula is C17H25N3O4. The van der Waals surface area contributed by atoms with Crippen molar-refractivity contribution in [1.82, 2.24) is 4.90 Å². The molecule has 1 saturated heterocycles. The first-order valence-electron chi connectivity index (χ1n) is 7.93. The number of ether oxygens (including phenoxy) is 3. The van der Waals surface area contributed by atoms with Gasteiger partial charge in [0.15, 0.2) is 11.5 Å². The van der Waals surface area contributed by atoms with E-state index in [0.717, 1.165) is 5.56 Å². The average Bonchev–Trinajstić information content (AvgIpc) is 2.57. The van der Waals surface area contributed by atoms with Crippen LogP contribution in [0.3, 0.4) is 0 Å². The van der Waals surface area contributed by atoms with Gasteiger partial charge in [-0.1, -0.05) is 0 Å². The van der Waals surface area contributed by atoms with E-state index in [9.17, 15) is 10.4 Å². The van der Waals surface area contributed by atoms with Crippen molar-refractivity contribution in [2.75, 3.05) is 40.5 Å².